The summed E-state index contributed by atoms with van der Waals surface area (Å²) in [5.41, 5.74) is 9.87. The number of ether oxygens (including phenoxy) is 1. The second-order valence-electron chi connectivity index (χ2n) is 4.51. The van der Waals surface area contributed by atoms with Crippen LogP contribution >= 0.6 is 11.6 Å². The maximum Gasteiger partial charge on any atom is 0.197 e. The molecular formula is C14H17ClN2O2. The Bertz CT molecular complexity index is 581. The summed E-state index contributed by atoms with van der Waals surface area (Å²) >= 11 is 5.93. The lowest BCUT2D eigenvalue weighted by molar-refractivity contribution is 0.406. The van der Waals surface area contributed by atoms with Gasteiger partial charge >= 0.3 is 0 Å². The minimum atomic E-state index is -0.245. The number of methoxy groups -OCH3 is 1. The fourth-order valence-electron chi connectivity index (χ4n) is 2.17. The van der Waals surface area contributed by atoms with Crippen LogP contribution < -0.4 is 10.5 Å². The zero-order valence-electron chi connectivity index (χ0n) is 11.2. The Kier molecular flexibility index (Phi) is 4.12. The van der Waals surface area contributed by atoms with Crippen molar-refractivity contribution in [1.82, 2.24) is 4.98 Å². The van der Waals surface area contributed by atoms with Gasteiger partial charge in [0.25, 0.3) is 0 Å². The van der Waals surface area contributed by atoms with Gasteiger partial charge in [-0.15, -0.1) is 0 Å². The number of hydrogen-bond donors (Lipinski definition) is 1. The molecule has 2 aromatic heterocycles. The van der Waals surface area contributed by atoms with Gasteiger partial charge in [0.2, 0.25) is 0 Å². The van der Waals surface area contributed by atoms with Crippen LogP contribution in [-0.2, 0) is 6.42 Å². The van der Waals surface area contributed by atoms with E-state index in [9.17, 15) is 0 Å². The van der Waals surface area contributed by atoms with Gasteiger partial charge in [-0.2, -0.15) is 0 Å². The van der Waals surface area contributed by atoms with Gasteiger partial charge in [0.1, 0.15) is 5.75 Å². The Balaban J connectivity index is 2.27. The van der Waals surface area contributed by atoms with Crippen LogP contribution in [0.25, 0.3) is 0 Å². The topological polar surface area (TPSA) is 61.3 Å². The first-order chi connectivity index (χ1) is 9.04. The lowest BCUT2D eigenvalue weighted by atomic mass is 10.0. The molecule has 0 saturated heterocycles. The monoisotopic (exact) mass is 280 g/mol. The average Bonchev–Trinajstić information content (AvgIpc) is 2.80. The number of hydrogen-bond acceptors (Lipinski definition) is 4. The van der Waals surface area contributed by atoms with Crippen LogP contribution in [0.3, 0.4) is 0 Å². The van der Waals surface area contributed by atoms with E-state index < -0.39 is 0 Å². The summed E-state index contributed by atoms with van der Waals surface area (Å²) in [6, 6.07) is 1.54. The molecule has 0 bridgehead atoms. The van der Waals surface area contributed by atoms with Crippen LogP contribution in [0.4, 0.5) is 0 Å². The van der Waals surface area contributed by atoms with Gasteiger partial charge in [0.15, 0.2) is 5.22 Å². The molecule has 0 radical (unpaired) electrons. The Labute approximate surface area is 117 Å². The second-order valence-corrected chi connectivity index (χ2v) is 4.85. The smallest absolute Gasteiger partial charge is 0.197 e. The maximum absolute atomic E-state index is 6.15. The van der Waals surface area contributed by atoms with E-state index in [-0.39, 0.29) is 6.04 Å². The molecule has 0 aliphatic rings. The van der Waals surface area contributed by atoms with E-state index in [2.05, 4.69) is 4.98 Å². The molecule has 0 aliphatic heterocycles. The molecule has 1 atom stereocenters. The number of halogens is 1. The average molecular weight is 281 g/mol. The molecule has 102 valence electrons. The van der Waals surface area contributed by atoms with E-state index in [1.54, 1.807) is 19.4 Å². The van der Waals surface area contributed by atoms with E-state index in [0.29, 0.717) is 11.6 Å². The quantitative estimate of drug-likeness (QED) is 0.934. The van der Waals surface area contributed by atoms with Gasteiger partial charge in [-0.25, -0.2) is 0 Å². The molecule has 2 aromatic rings. The predicted octanol–water partition coefficient (Wildman–Crippen LogP) is 3.20. The molecule has 0 aromatic carbocycles. The van der Waals surface area contributed by atoms with Gasteiger partial charge < -0.3 is 14.9 Å². The molecule has 0 aliphatic carbocycles. The molecule has 5 heteroatoms. The van der Waals surface area contributed by atoms with E-state index in [0.717, 1.165) is 28.1 Å². The normalized spacial score (nSPS) is 12.5. The molecule has 2 N–H and O–H groups in total. The van der Waals surface area contributed by atoms with Crippen molar-refractivity contribution in [3.05, 3.63) is 46.1 Å². The third-order valence-corrected chi connectivity index (χ3v) is 3.52. The number of aryl methyl sites for hydroxylation is 1. The van der Waals surface area contributed by atoms with Crippen LogP contribution in [0.15, 0.2) is 22.9 Å². The first-order valence-corrected chi connectivity index (χ1v) is 6.40. The minimum absolute atomic E-state index is 0.245. The highest BCUT2D eigenvalue weighted by Gasteiger charge is 2.17. The Morgan fingerprint density at radius 2 is 2.21 bits per heavy atom. The molecule has 1 unspecified atom stereocenters. The largest absolute Gasteiger partial charge is 0.496 e. The number of pyridine rings is 1. The van der Waals surface area contributed by atoms with E-state index >= 15 is 0 Å². The molecular weight excluding hydrogens is 264 g/mol. The molecule has 19 heavy (non-hydrogen) atoms. The van der Waals surface area contributed by atoms with Crippen molar-refractivity contribution >= 4 is 11.6 Å². The van der Waals surface area contributed by atoms with E-state index in [4.69, 9.17) is 26.5 Å². The molecule has 0 spiro atoms. The predicted molar refractivity (Wildman–Crippen MR) is 74.6 cm³/mol. The number of nitrogens with two attached hydrogens (primary N) is 1. The van der Waals surface area contributed by atoms with Crippen LogP contribution in [0.5, 0.6) is 5.75 Å². The SMILES string of the molecule is COc1c(C)cnc(CC(N)c2ccoc2Cl)c1C. The molecule has 0 amide bonds. The molecule has 2 rings (SSSR count). The van der Waals surface area contributed by atoms with Gasteiger partial charge in [0.05, 0.1) is 13.4 Å². The number of aromatic nitrogens is 1. The van der Waals surface area contributed by atoms with Crippen LogP contribution in [-0.4, -0.2) is 12.1 Å². The maximum atomic E-state index is 6.15. The number of nitrogens with zero attached hydrogens (tertiary/aromatic N) is 1. The lowest BCUT2D eigenvalue weighted by Gasteiger charge is -2.15. The highest BCUT2D eigenvalue weighted by atomic mass is 35.5. The second kappa shape index (κ2) is 5.63. The van der Waals surface area contributed by atoms with Crippen molar-refractivity contribution in [2.24, 2.45) is 5.73 Å². The third-order valence-electron chi connectivity index (χ3n) is 3.21. The number of rotatable bonds is 4. The fourth-order valence-corrected chi connectivity index (χ4v) is 2.42. The first-order valence-electron chi connectivity index (χ1n) is 6.02. The summed E-state index contributed by atoms with van der Waals surface area (Å²) < 4.78 is 10.4. The standard InChI is InChI=1S/C14H17ClN2O2/c1-8-7-17-12(9(2)13(8)18-3)6-11(16)10-4-5-19-14(10)15/h4-5,7,11H,6,16H2,1-3H3. The van der Waals surface area contributed by atoms with Crippen molar-refractivity contribution in [2.75, 3.05) is 7.11 Å². The van der Waals surface area contributed by atoms with E-state index in [1.807, 2.05) is 13.8 Å². The lowest BCUT2D eigenvalue weighted by Crippen LogP contribution is -2.15. The third kappa shape index (κ3) is 2.74. The summed E-state index contributed by atoms with van der Waals surface area (Å²) in [7, 11) is 1.66. The number of furan rings is 1. The van der Waals surface area contributed by atoms with Gasteiger partial charge in [-0.1, -0.05) is 0 Å². The van der Waals surface area contributed by atoms with Crippen LogP contribution in [0.2, 0.25) is 5.22 Å². The first kappa shape index (κ1) is 13.9. The highest BCUT2D eigenvalue weighted by Crippen LogP contribution is 2.29. The van der Waals surface area contributed by atoms with Crippen molar-refractivity contribution < 1.29 is 9.15 Å². The summed E-state index contributed by atoms with van der Waals surface area (Å²) in [5, 5.41) is 0.337. The zero-order valence-corrected chi connectivity index (χ0v) is 12.0. The zero-order chi connectivity index (χ0) is 14.0. The van der Waals surface area contributed by atoms with Crippen molar-refractivity contribution in [1.29, 1.82) is 0 Å². The molecule has 0 fully saturated rings. The van der Waals surface area contributed by atoms with E-state index in [1.165, 1.54) is 6.26 Å². The molecule has 2 heterocycles. The summed E-state index contributed by atoms with van der Waals surface area (Å²) in [4.78, 5) is 4.43. The van der Waals surface area contributed by atoms with Crippen LogP contribution in [0, 0.1) is 13.8 Å². The molecule has 4 nitrogen and oxygen atoms in total. The van der Waals surface area contributed by atoms with Crippen LogP contribution in [0.1, 0.15) is 28.4 Å². The Morgan fingerprint density at radius 3 is 2.79 bits per heavy atom. The van der Waals surface area contributed by atoms with Gasteiger partial charge in [-0.3, -0.25) is 4.98 Å². The van der Waals surface area contributed by atoms with Crippen molar-refractivity contribution in [2.45, 2.75) is 26.3 Å². The Hall–Kier alpha value is -1.52. The fraction of sp³-hybridized carbons (Fsp3) is 0.357. The van der Waals surface area contributed by atoms with Crippen molar-refractivity contribution in [3.8, 4) is 5.75 Å². The van der Waals surface area contributed by atoms with Crippen molar-refractivity contribution in [3.63, 3.8) is 0 Å². The molecule has 0 saturated carbocycles. The Morgan fingerprint density at radius 1 is 1.47 bits per heavy atom. The summed E-state index contributed by atoms with van der Waals surface area (Å²) in [6.45, 7) is 3.95. The summed E-state index contributed by atoms with van der Waals surface area (Å²) in [5.74, 6) is 0.857. The van der Waals surface area contributed by atoms with Gasteiger partial charge in [0, 0.05) is 41.0 Å². The summed E-state index contributed by atoms with van der Waals surface area (Å²) in [6.07, 6.45) is 3.92. The highest BCUT2D eigenvalue weighted by molar-refractivity contribution is 6.29. The van der Waals surface area contributed by atoms with Gasteiger partial charge in [-0.05, 0) is 31.5 Å². The minimum Gasteiger partial charge on any atom is -0.496 e.